The third-order valence-corrected chi connectivity index (χ3v) is 5.74. The lowest BCUT2D eigenvalue weighted by Gasteiger charge is -2.13. The summed E-state index contributed by atoms with van der Waals surface area (Å²) < 4.78 is 7.23. The monoisotopic (exact) mass is 401 g/mol. The Hall–Kier alpha value is -2.64. The van der Waals surface area contributed by atoms with Crippen molar-refractivity contribution in [1.29, 1.82) is 0 Å². The fourth-order valence-electron chi connectivity index (χ4n) is 3.07. The predicted octanol–water partition coefficient (Wildman–Crippen LogP) is 4.37. The van der Waals surface area contributed by atoms with Crippen molar-refractivity contribution in [3.63, 3.8) is 0 Å². The number of thiazole rings is 1. The summed E-state index contributed by atoms with van der Waals surface area (Å²) in [6.45, 7) is 0. The van der Waals surface area contributed by atoms with Crippen LogP contribution in [0.2, 0.25) is 5.02 Å². The fourth-order valence-corrected chi connectivity index (χ4v) is 4.30. The highest BCUT2D eigenvalue weighted by molar-refractivity contribution is 7.17. The van der Waals surface area contributed by atoms with Crippen LogP contribution in [0, 0.1) is 0 Å². The molecule has 0 unspecified atom stereocenters. The molecule has 4 rings (SSSR count). The number of benzene rings is 1. The lowest BCUT2D eigenvalue weighted by molar-refractivity contribution is 0.0975. The zero-order valence-corrected chi connectivity index (χ0v) is 16.1. The molecule has 1 N–H and O–H groups in total. The van der Waals surface area contributed by atoms with E-state index in [0.717, 1.165) is 18.5 Å². The van der Waals surface area contributed by atoms with Crippen molar-refractivity contribution in [2.75, 3.05) is 12.4 Å². The molecule has 0 atom stereocenters. The molecule has 0 bridgehead atoms. The van der Waals surface area contributed by atoms with E-state index >= 15 is 0 Å². The number of aromatic nitrogens is 2. The molecule has 1 aromatic carbocycles. The fraction of sp³-hybridized carbons (Fsp3) is 0.211. The molecule has 138 valence electrons. The summed E-state index contributed by atoms with van der Waals surface area (Å²) in [5.74, 6) is 0.107. The first-order valence-electron chi connectivity index (χ1n) is 8.42. The molecular formula is C19H16ClN3O3S. The van der Waals surface area contributed by atoms with Crippen molar-refractivity contribution in [2.45, 2.75) is 19.3 Å². The molecule has 1 amide bonds. The van der Waals surface area contributed by atoms with Gasteiger partial charge >= 0.3 is 0 Å². The van der Waals surface area contributed by atoms with Gasteiger partial charge in [0, 0.05) is 24.9 Å². The van der Waals surface area contributed by atoms with Crippen LogP contribution in [-0.4, -0.2) is 28.4 Å². The summed E-state index contributed by atoms with van der Waals surface area (Å²) >= 11 is 7.60. The number of ether oxygens (including phenoxy) is 1. The van der Waals surface area contributed by atoms with Crippen molar-refractivity contribution in [3.05, 3.63) is 57.8 Å². The number of halogens is 1. The van der Waals surface area contributed by atoms with Gasteiger partial charge < -0.3 is 9.30 Å². The van der Waals surface area contributed by atoms with E-state index < -0.39 is 0 Å². The number of amides is 1. The number of rotatable bonds is 4. The normalized spacial score (nSPS) is 13.3. The Labute approximate surface area is 164 Å². The van der Waals surface area contributed by atoms with E-state index in [2.05, 4.69) is 10.3 Å². The van der Waals surface area contributed by atoms with Crippen LogP contribution in [0.5, 0.6) is 5.75 Å². The number of ketones is 1. The number of Topliss-reactive ketones (excluding diaryl/α,β-unsaturated/α-hetero) is 1. The first kappa shape index (κ1) is 17.8. The van der Waals surface area contributed by atoms with Crippen LogP contribution in [0.4, 0.5) is 5.13 Å². The number of aryl methyl sites for hydroxylation is 1. The maximum absolute atomic E-state index is 12.8. The van der Waals surface area contributed by atoms with E-state index in [0.29, 0.717) is 38.5 Å². The van der Waals surface area contributed by atoms with Crippen LogP contribution in [-0.2, 0) is 6.42 Å². The number of nitrogens with one attached hydrogen (secondary N) is 1. The van der Waals surface area contributed by atoms with Gasteiger partial charge in [0.15, 0.2) is 10.9 Å². The second-order valence-electron chi connectivity index (χ2n) is 6.12. The topological polar surface area (TPSA) is 73.2 Å². The SMILES string of the molecule is COc1cc(-n2cccc2)c(Cl)cc1C(=O)Nc1nc2c(s1)C(=O)CCC2. The summed E-state index contributed by atoms with van der Waals surface area (Å²) in [5, 5.41) is 3.60. The number of anilines is 1. The Morgan fingerprint density at radius 1 is 1.30 bits per heavy atom. The van der Waals surface area contributed by atoms with Gasteiger partial charge in [0.2, 0.25) is 0 Å². The van der Waals surface area contributed by atoms with Crippen molar-refractivity contribution in [2.24, 2.45) is 0 Å². The second kappa shape index (κ2) is 7.17. The third kappa shape index (κ3) is 3.36. The number of hydrogen-bond acceptors (Lipinski definition) is 5. The summed E-state index contributed by atoms with van der Waals surface area (Å²) in [6.07, 6.45) is 5.81. The van der Waals surface area contributed by atoms with Gasteiger partial charge in [0.05, 0.1) is 34.0 Å². The zero-order valence-electron chi connectivity index (χ0n) is 14.5. The molecular weight excluding hydrogens is 386 g/mol. The summed E-state index contributed by atoms with van der Waals surface area (Å²) in [6, 6.07) is 7.06. The third-order valence-electron chi connectivity index (χ3n) is 4.38. The molecule has 3 aromatic rings. The second-order valence-corrected chi connectivity index (χ2v) is 7.53. The van der Waals surface area contributed by atoms with E-state index in [1.807, 2.05) is 29.1 Å². The molecule has 0 spiro atoms. The van der Waals surface area contributed by atoms with Gasteiger partial charge in [-0.15, -0.1) is 0 Å². The summed E-state index contributed by atoms with van der Waals surface area (Å²) in [4.78, 5) is 29.8. The number of carbonyl (C=O) groups is 2. The Bertz CT molecular complexity index is 1030. The van der Waals surface area contributed by atoms with E-state index in [4.69, 9.17) is 16.3 Å². The minimum absolute atomic E-state index is 0.0888. The Balaban J connectivity index is 1.64. The number of methoxy groups -OCH3 is 1. The largest absolute Gasteiger partial charge is 0.496 e. The molecule has 0 aliphatic heterocycles. The van der Waals surface area contributed by atoms with Crippen LogP contribution >= 0.6 is 22.9 Å². The zero-order chi connectivity index (χ0) is 19.0. The van der Waals surface area contributed by atoms with E-state index in [-0.39, 0.29) is 11.7 Å². The minimum atomic E-state index is -0.383. The van der Waals surface area contributed by atoms with E-state index in [1.165, 1.54) is 18.4 Å². The van der Waals surface area contributed by atoms with Gasteiger partial charge in [-0.05, 0) is 31.0 Å². The van der Waals surface area contributed by atoms with Crippen molar-refractivity contribution in [3.8, 4) is 11.4 Å². The molecule has 0 saturated heterocycles. The van der Waals surface area contributed by atoms with Gasteiger partial charge in [-0.2, -0.15) is 0 Å². The molecule has 2 aromatic heterocycles. The molecule has 2 heterocycles. The van der Waals surface area contributed by atoms with Gasteiger partial charge in [0.1, 0.15) is 5.75 Å². The standard InChI is InChI=1S/C19H16ClN3O3S/c1-26-16-10-14(23-7-2-3-8-23)12(20)9-11(16)18(25)22-19-21-13-5-4-6-15(24)17(13)27-19/h2-3,7-10H,4-6H2,1H3,(H,21,22,25). The van der Waals surface area contributed by atoms with Crippen LogP contribution in [0.3, 0.4) is 0 Å². The molecule has 1 aliphatic rings. The average Bonchev–Trinajstić information content (AvgIpc) is 3.31. The highest BCUT2D eigenvalue weighted by Gasteiger charge is 2.24. The molecule has 0 fully saturated rings. The number of nitrogens with zero attached hydrogens (tertiary/aromatic N) is 2. The Morgan fingerprint density at radius 3 is 2.78 bits per heavy atom. The van der Waals surface area contributed by atoms with E-state index in [1.54, 1.807) is 12.1 Å². The molecule has 6 nitrogen and oxygen atoms in total. The Kier molecular flexibility index (Phi) is 4.72. The summed E-state index contributed by atoms with van der Waals surface area (Å²) in [7, 11) is 1.50. The number of carbonyl (C=O) groups excluding carboxylic acids is 2. The molecule has 0 saturated carbocycles. The lowest BCUT2D eigenvalue weighted by Crippen LogP contribution is -2.13. The van der Waals surface area contributed by atoms with Crippen LogP contribution in [0.15, 0.2) is 36.7 Å². The molecule has 0 radical (unpaired) electrons. The van der Waals surface area contributed by atoms with Gasteiger partial charge in [0.25, 0.3) is 5.91 Å². The van der Waals surface area contributed by atoms with Crippen molar-refractivity contribution < 1.29 is 14.3 Å². The molecule has 1 aliphatic carbocycles. The maximum Gasteiger partial charge on any atom is 0.261 e. The van der Waals surface area contributed by atoms with Crippen molar-refractivity contribution >= 4 is 39.8 Å². The van der Waals surface area contributed by atoms with Crippen LogP contribution in [0.1, 0.15) is 38.6 Å². The molecule has 8 heteroatoms. The van der Waals surface area contributed by atoms with Crippen LogP contribution in [0.25, 0.3) is 5.69 Å². The van der Waals surface area contributed by atoms with Gasteiger partial charge in [-0.25, -0.2) is 4.98 Å². The number of fused-ring (bicyclic) bond motifs is 1. The Morgan fingerprint density at radius 2 is 2.07 bits per heavy atom. The first-order chi connectivity index (χ1) is 13.1. The first-order valence-corrected chi connectivity index (χ1v) is 9.61. The van der Waals surface area contributed by atoms with Gasteiger partial charge in [-0.1, -0.05) is 22.9 Å². The van der Waals surface area contributed by atoms with Crippen LogP contribution < -0.4 is 10.1 Å². The quantitative estimate of drug-likeness (QED) is 0.704. The number of hydrogen-bond donors (Lipinski definition) is 1. The highest BCUT2D eigenvalue weighted by Crippen LogP contribution is 2.33. The van der Waals surface area contributed by atoms with Crippen molar-refractivity contribution in [1.82, 2.24) is 9.55 Å². The minimum Gasteiger partial charge on any atom is -0.496 e. The maximum atomic E-state index is 12.8. The van der Waals surface area contributed by atoms with E-state index in [9.17, 15) is 9.59 Å². The highest BCUT2D eigenvalue weighted by atomic mass is 35.5. The lowest BCUT2D eigenvalue weighted by atomic mass is 10.0. The predicted molar refractivity (Wildman–Crippen MR) is 105 cm³/mol. The average molecular weight is 402 g/mol. The van der Waals surface area contributed by atoms with Gasteiger partial charge in [-0.3, -0.25) is 14.9 Å². The smallest absolute Gasteiger partial charge is 0.261 e. The summed E-state index contributed by atoms with van der Waals surface area (Å²) in [5.41, 5.74) is 1.78. The molecule has 27 heavy (non-hydrogen) atoms.